The van der Waals surface area contributed by atoms with Crippen molar-refractivity contribution in [1.29, 1.82) is 0 Å². The Kier molecular flexibility index (Phi) is 5.44. The quantitative estimate of drug-likeness (QED) is 0.170. The molecule has 1 aliphatic rings. The van der Waals surface area contributed by atoms with Crippen LogP contribution in [0.5, 0.6) is 0 Å². The van der Waals surface area contributed by atoms with Gasteiger partial charge in [0.05, 0.1) is 11.4 Å². The van der Waals surface area contributed by atoms with E-state index in [0.29, 0.717) is 4.17 Å². The largest absolute Gasteiger partial charge is 0.344 e. The summed E-state index contributed by atoms with van der Waals surface area (Å²) < 4.78 is 0.326. The minimum Gasteiger partial charge on any atom is -0.344 e. The molecule has 0 aromatic heterocycles. The van der Waals surface area contributed by atoms with E-state index in [1.54, 1.807) is 0 Å². The van der Waals surface area contributed by atoms with Gasteiger partial charge in [-0.15, -0.1) is 0 Å². The summed E-state index contributed by atoms with van der Waals surface area (Å²) in [5.74, 6) is 0. The lowest BCUT2D eigenvalue weighted by molar-refractivity contribution is 0.870. The molecule has 26 heavy (non-hydrogen) atoms. The van der Waals surface area contributed by atoms with Crippen molar-refractivity contribution in [3.05, 3.63) is 84.9 Å². The van der Waals surface area contributed by atoms with Crippen LogP contribution in [-0.2, 0) is 0 Å². The van der Waals surface area contributed by atoms with Crippen LogP contribution in [0, 0.1) is 0 Å². The number of fused-ring (bicyclic) bond motifs is 1. The summed E-state index contributed by atoms with van der Waals surface area (Å²) in [5, 5.41) is 2.89. The Hall–Kier alpha value is -0.850. The Labute approximate surface area is 182 Å². The van der Waals surface area contributed by atoms with Crippen LogP contribution in [0.2, 0.25) is 0 Å². The Balaban J connectivity index is 1.80. The highest BCUT2D eigenvalue weighted by Gasteiger charge is 2.46. The number of para-hydroxylation sites is 2. The first-order valence-electron chi connectivity index (χ1n) is 8.53. The van der Waals surface area contributed by atoms with Gasteiger partial charge in [-0.05, 0) is 59.0 Å². The van der Waals surface area contributed by atoms with Crippen LogP contribution in [0.1, 0.15) is 0 Å². The average Bonchev–Trinajstić information content (AvgIpc) is 2.94. The summed E-state index contributed by atoms with van der Waals surface area (Å²) in [4.78, 5) is 3.36. The normalized spacial score (nSPS) is 16.7. The molecule has 1 atom stereocenters. The number of anilines is 2. The second-order valence-electron chi connectivity index (χ2n) is 6.41. The molecule has 0 fully saturated rings. The molecule has 0 bridgehead atoms. The van der Waals surface area contributed by atoms with Crippen LogP contribution in [-0.4, -0.2) is 17.5 Å². The molecule has 1 unspecified atom stereocenters. The van der Waals surface area contributed by atoms with Crippen molar-refractivity contribution in [2.75, 3.05) is 23.1 Å². The molecule has 0 spiro atoms. The molecule has 132 valence electrons. The molecule has 3 aromatic rings. The summed E-state index contributed by atoms with van der Waals surface area (Å²) in [6.45, 7) is 0. The van der Waals surface area contributed by atoms with Gasteiger partial charge in [0.2, 0.25) is 0 Å². The fourth-order valence-electron chi connectivity index (χ4n) is 3.44. The predicted molar refractivity (Wildman–Crippen MR) is 133 cm³/mol. The zero-order chi connectivity index (χ0) is 18.1. The van der Waals surface area contributed by atoms with E-state index >= 15 is 0 Å². The fraction of sp³-hybridized carbons (Fsp3) is 0.143. The number of hydrogen-bond donors (Lipinski definition) is 0. The van der Waals surface area contributed by atoms with E-state index < -0.39 is 4.90 Å². The van der Waals surface area contributed by atoms with Crippen molar-refractivity contribution in [2.45, 2.75) is 4.17 Å². The van der Waals surface area contributed by atoms with Gasteiger partial charge < -0.3 is 9.80 Å². The first-order valence-corrected chi connectivity index (χ1v) is 14.5. The Morgan fingerprint density at radius 2 is 1.23 bits per heavy atom. The maximum Gasteiger partial charge on any atom is 0.169 e. The number of hydrogen-bond acceptors (Lipinski definition) is 2. The molecule has 0 radical (unpaired) electrons. The summed E-state index contributed by atoms with van der Waals surface area (Å²) in [5.41, 5.74) is 2.65. The minimum absolute atomic E-state index is 0.326. The van der Waals surface area contributed by atoms with Gasteiger partial charge in [0.1, 0.15) is 10.6 Å². The number of rotatable bonds is 4. The molecule has 2 nitrogen and oxygen atoms in total. The van der Waals surface area contributed by atoms with Crippen molar-refractivity contribution in [3.63, 3.8) is 0 Å². The Bertz CT molecular complexity index is 849. The number of halogens is 2. The molecule has 3 aromatic carbocycles. The maximum atomic E-state index is 2.76. The van der Waals surface area contributed by atoms with Crippen LogP contribution in [0.15, 0.2) is 84.9 Å². The lowest BCUT2D eigenvalue weighted by atomic mass is 10.3. The van der Waals surface area contributed by atoms with Gasteiger partial charge >= 0.3 is 0 Å². The van der Waals surface area contributed by atoms with Crippen LogP contribution in [0.4, 0.5) is 11.4 Å². The van der Waals surface area contributed by atoms with Gasteiger partial charge in [0.15, 0.2) is 37.4 Å². The third-order valence-corrected chi connectivity index (χ3v) is 13.5. The topological polar surface area (TPSA) is 6.48 Å². The minimum atomic E-state index is -1.58. The summed E-state index contributed by atoms with van der Waals surface area (Å²) in [7, 11) is 2.19. The predicted octanol–water partition coefficient (Wildman–Crippen LogP) is 5.64. The Morgan fingerprint density at radius 3 is 1.77 bits per heavy atom. The molecular weight excluding hydrogens is 565 g/mol. The summed E-state index contributed by atoms with van der Waals surface area (Å²) >= 11 is 5.32. The standard InChI is InChI=1S/C21H20I2N2P/c1-24-19-14-8-9-15-20(19)25(21(24)22)16-26(23,17-10-4-2-5-11-17)18-12-6-3-7-13-18/h2-15,21H,16H2,1H3/q+1. The molecule has 0 amide bonds. The second-order valence-corrected chi connectivity index (χ2v) is 15.2. The van der Waals surface area contributed by atoms with Crippen molar-refractivity contribution >= 4 is 71.5 Å². The highest BCUT2D eigenvalue weighted by Crippen LogP contribution is 2.66. The zero-order valence-electron chi connectivity index (χ0n) is 14.5. The molecule has 5 heteroatoms. The molecule has 0 aliphatic carbocycles. The lowest BCUT2D eigenvalue weighted by Gasteiger charge is -2.30. The van der Waals surface area contributed by atoms with Gasteiger partial charge in [-0.25, -0.2) is 0 Å². The monoisotopic (exact) mass is 585 g/mol. The van der Waals surface area contributed by atoms with Crippen LogP contribution in [0.25, 0.3) is 0 Å². The summed E-state index contributed by atoms with van der Waals surface area (Å²) in [6.07, 6.45) is 1.02. The van der Waals surface area contributed by atoms with Crippen molar-refractivity contribution < 1.29 is 0 Å². The second kappa shape index (κ2) is 7.64. The zero-order valence-corrected chi connectivity index (χ0v) is 19.7. The Morgan fingerprint density at radius 1 is 0.769 bits per heavy atom. The molecular formula is C21H20I2N2P+. The smallest absolute Gasteiger partial charge is 0.169 e. The van der Waals surface area contributed by atoms with Crippen molar-refractivity contribution in [2.24, 2.45) is 0 Å². The van der Waals surface area contributed by atoms with E-state index in [1.807, 2.05) is 0 Å². The SMILES string of the molecule is CN1c2ccccc2N(C[P+](I)(c2ccccc2)c2ccccc2)C1I. The highest BCUT2D eigenvalue weighted by atomic mass is 127. The first kappa shape index (κ1) is 18.5. The van der Waals surface area contributed by atoms with E-state index in [-0.39, 0.29) is 0 Å². The lowest BCUT2D eigenvalue weighted by Crippen LogP contribution is -2.39. The average molecular weight is 585 g/mol. The molecule has 1 heterocycles. The van der Waals surface area contributed by atoms with Crippen molar-refractivity contribution in [1.82, 2.24) is 0 Å². The van der Waals surface area contributed by atoms with Gasteiger partial charge in [-0.3, -0.25) is 0 Å². The molecule has 0 N–H and O–H groups in total. The van der Waals surface area contributed by atoms with E-state index in [0.717, 1.165) is 6.29 Å². The number of nitrogens with zero attached hydrogens (tertiary/aromatic N) is 2. The van der Waals surface area contributed by atoms with Gasteiger partial charge in [0.25, 0.3) is 0 Å². The van der Waals surface area contributed by atoms with E-state index in [9.17, 15) is 0 Å². The summed E-state index contributed by atoms with van der Waals surface area (Å²) in [6, 6.07) is 30.8. The number of benzene rings is 3. The third-order valence-electron chi connectivity index (χ3n) is 4.83. The highest BCUT2D eigenvalue weighted by molar-refractivity contribution is 14.2. The third kappa shape index (κ3) is 3.25. The van der Waals surface area contributed by atoms with Crippen LogP contribution < -0.4 is 20.4 Å². The fourth-order valence-corrected chi connectivity index (χ4v) is 10.1. The van der Waals surface area contributed by atoms with Crippen LogP contribution in [0.3, 0.4) is 0 Å². The molecule has 0 saturated carbocycles. The van der Waals surface area contributed by atoms with Crippen molar-refractivity contribution in [3.8, 4) is 0 Å². The van der Waals surface area contributed by atoms with E-state index in [1.165, 1.54) is 22.0 Å². The van der Waals surface area contributed by atoms with Crippen LogP contribution >= 0.6 is 49.5 Å². The number of alkyl halides is 1. The molecule has 1 aliphatic heterocycles. The van der Waals surface area contributed by atoms with Gasteiger partial charge in [-0.1, -0.05) is 48.5 Å². The maximum absolute atomic E-state index is 2.76. The first-order chi connectivity index (χ1) is 12.6. The molecule has 4 rings (SSSR count). The van der Waals surface area contributed by atoms with Gasteiger partial charge in [-0.2, -0.15) is 0 Å². The van der Waals surface area contributed by atoms with Gasteiger partial charge in [0, 0.05) is 7.05 Å². The molecule has 0 saturated heterocycles. The van der Waals surface area contributed by atoms with E-state index in [4.69, 9.17) is 0 Å². The van der Waals surface area contributed by atoms with E-state index in [2.05, 4.69) is 146 Å².